The van der Waals surface area contributed by atoms with Crippen molar-refractivity contribution in [1.29, 1.82) is 0 Å². The molecule has 0 saturated carbocycles. The quantitative estimate of drug-likeness (QED) is 0.738. The summed E-state index contributed by atoms with van der Waals surface area (Å²) in [5, 5.41) is 12.4. The van der Waals surface area contributed by atoms with Crippen LogP contribution in [0.3, 0.4) is 0 Å². The first-order chi connectivity index (χ1) is 14.0. The molecule has 1 aliphatic rings. The molecule has 1 fully saturated rings. The summed E-state index contributed by atoms with van der Waals surface area (Å²) in [6.45, 7) is 2.84. The van der Waals surface area contributed by atoms with Crippen LogP contribution in [0, 0.1) is 17.0 Å². The van der Waals surface area contributed by atoms with Gasteiger partial charge in [0.1, 0.15) is 0 Å². The largest absolute Gasteiger partial charge is 0.394 e. The average Bonchev–Trinajstić information content (AvgIpc) is 2.74. The predicted molar refractivity (Wildman–Crippen MR) is 107 cm³/mol. The molecule has 2 aromatic carbocycles. The first-order valence-electron chi connectivity index (χ1n) is 10.0. The van der Waals surface area contributed by atoms with Crippen LogP contribution in [0.15, 0.2) is 42.5 Å². The number of hydrogen-bond acceptors (Lipinski definition) is 3. The summed E-state index contributed by atoms with van der Waals surface area (Å²) < 4.78 is 32.4. The number of aliphatic hydroxyl groups excluding tert-OH is 1. The fraction of sp³-hybridized carbons (Fsp3) is 0.435. The zero-order chi connectivity index (χ0) is 20.9. The van der Waals surface area contributed by atoms with Gasteiger partial charge < -0.3 is 15.2 Å². The van der Waals surface area contributed by atoms with E-state index in [2.05, 4.69) is 5.32 Å². The van der Waals surface area contributed by atoms with Crippen LogP contribution in [0.4, 0.5) is 8.78 Å². The molecule has 6 heteroatoms. The molecule has 1 amide bonds. The molecule has 1 saturated heterocycles. The third-order valence-electron chi connectivity index (χ3n) is 5.70. The minimum atomic E-state index is -0.886. The monoisotopic (exact) mass is 403 g/mol. The second kappa shape index (κ2) is 9.46. The maximum Gasteiger partial charge on any atom is 0.227 e. The number of halogens is 2. The topological polar surface area (TPSA) is 58.6 Å². The molecule has 4 nitrogen and oxygen atoms in total. The van der Waals surface area contributed by atoms with Crippen molar-refractivity contribution in [2.24, 2.45) is 5.41 Å². The van der Waals surface area contributed by atoms with Gasteiger partial charge >= 0.3 is 0 Å². The zero-order valence-corrected chi connectivity index (χ0v) is 16.6. The second-order valence-electron chi connectivity index (χ2n) is 7.66. The molecule has 1 atom stereocenters. The molecule has 0 spiro atoms. The Morgan fingerprint density at radius 3 is 2.52 bits per heavy atom. The Labute approximate surface area is 169 Å². The fourth-order valence-corrected chi connectivity index (χ4v) is 3.79. The third kappa shape index (κ3) is 5.00. The standard InChI is InChI=1S/C23H27F2NO3/c1-2-19(15-27)26-22(28)23(8-10-29-11-9-23)14-16-4-3-5-17(12-16)18-6-7-20(24)21(25)13-18/h3-7,12-13,19,27H,2,8-11,14-15H2,1H3,(H,26,28). The molecule has 1 unspecified atom stereocenters. The van der Waals surface area contributed by atoms with Crippen LogP contribution >= 0.6 is 0 Å². The summed E-state index contributed by atoms with van der Waals surface area (Å²) in [6.07, 6.45) is 2.36. The molecule has 1 heterocycles. The lowest BCUT2D eigenvalue weighted by Gasteiger charge is -2.37. The highest BCUT2D eigenvalue weighted by Crippen LogP contribution is 2.36. The molecule has 3 rings (SSSR count). The molecule has 29 heavy (non-hydrogen) atoms. The van der Waals surface area contributed by atoms with E-state index in [1.165, 1.54) is 6.07 Å². The summed E-state index contributed by atoms with van der Waals surface area (Å²) in [4.78, 5) is 13.1. The maximum absolute atomic E-state index is 13.6. The molecular weight excluding hydrogens is 376 g/mol. The van der Waals surface area contributed by atoms with Crippen molar-refractivity contribution in [3.8, 4) is 11.1 Å². The smallest absolute Gasteiger partial charge is 0.227 e. The minimum Gasteiger partial charge on any atom is -0.394 e. The first-order valence-corrected chi connectivity index (χ1v) is 10.0. The van der Waals surface area contributed by atoms with E-state index in [-0.39, 0.29) is 18.6 Å². The van der Waals surface area contributed by atoms with E-state index in [1.807, 2.05) is 31.2 Å². The Bertz CT molecular complexity index is 846. The maximum atomic E-state index is 13.6. The van der Waals surface area contributed by atoms with E-state index in [0.29, 0.717) is 44.5 Å². The van der Waals surface area contributed by atoms with Gasteiger partial charge in [-0.25, -0.2) is 8.78 Å². The van der Waals surface area contributed by atoms with Gasteiger partial charge in [-0.05, 0) is 54.5 Å². The van der Waals surface area contributed by atoms with E-state index in [1.54, 1.807) is 6.07 Å². The molecule has 0 bridgehead atoms. The molecule has 2 aromatic rings. The molecule has 0 aromatic heterocycles. The first kappa shape index (κ1) is 21.4. The number of ether oxygens (including phenoxy) is 1. The van der Waals surface area contributed by atoms with Crippen LogP contribution in [0.25, 0.3) is 11.1 Å². The highest BCUT2D eigenvalue weighted by Gasteiger charge is 2.40. The number of nitrogens with one attached hydrogen (secondary N) is 1. The number of benzene rings is 2. The Morgan fingerprint density at radius 2 is 1.86 bits per heavy atom. The Morgan fingerprint density at radius 1 is 1.14 bits per heavy atom. The summed E-state index contributed by atoms with van der Waals surface area (Å²) in [5.41, 5.74) is 1.68. The summed E-state index contributed by atoms with van der Waals surface area (Å²) in [5.74, 6) is -1.83. The molecule has 1 aliphatic heterocycles. The average molecular weight is 403 g/mol. The van der Waals surface area contributed by atoms with E-state index in [4.69, 9.17) is 4.74 Å². The van der Waals surface area contributed by atoms with Gasteiger partial charge in [-0.1, -0.05) is 37.3 Å². The van der Waals surface area contributed by atoms with E-state index >= 15 is 0 Å². The third-order valence-corrected chi connectivity index (χ3v) is 5.70. The number of amides is 1. The molecule has 156 valence electrons. The van der Waals surface area contributed by atoms with Crippen LogP contribution in [-0.4, -0.2) is 36.9 Å². The van der Waals surface area contributed by atoms with Gasteiger partial charge in [-0.15, -0.1) is 0 Å². The van der Waals surface area contributed by atoms with Gasteiger partial charge in [0.2, 0.25) is 5.91 Å². The fourth-order valence-electron chi connectivity index (χ4n) is 3.79. The van der Waals surface area contributed by atoms with Gasteiger partial charge in [0, 0.05) is 13.2 Å². The summed E-state index contributed by atoms with van der Waals surface area (Å²) in [7, 11) is 0. The van der Waals surface area contributed by atoms with E-state index in [9.17, 15) is 18.7 Å². The van der Waals surface area contributed by atoms with Crippen molar-refractivity contribution < 1.29 is 23.4 Å². The van der Waals surface area contributed by atoms with Gasteiger partial charge in [-0.3, -0.25) is 4.79 Å². The molecule has 0 radical (unpaired) electrons. The van der Waals surface area contributed by atoms with Crippen molar-refractivity contribution in [3.63, 3.8) is 0 Å². The number of aliphatic hydroxyl groups is 1. The lowest BCUT2D eigenvalue weighted by atomic mass is 9.74. The number of rotatable bonds is 7. The minimum absolute atomic E-state index is 0.0695. The second-order valence-corrected chi connectivity index (χ2v) is 7.66. The predicted octanol–water partition coefficient (Wildman–Crippen LogP) is 3.86. The molecular formula is C23H27F2NO3. The van der Waals surface area contributed by atoms with Crippen molar-refractivity contribution in [1.82, 2.24) is 5.32 Å². The van der Waals surface area contributed by atoms with Crippen LogP contribution in [0.5, 0.6) is 0 Å². The Balaban J connectivity index is 1.86. The van der Waals surface area contributed by atoms with Gasteiger partial charge in [0.25, 0.3) is 0 Å². The van der Waals surface area contributed by atoms with Crippen LogP contribution in [0.2, 0.25) is 0 Å². The van der Waals surface area contributed by atoms with Crippen LogP contribution in [-0.2, 0) is 16.0 Å². The van der Waals surface area contributed by atoms with Gasteiger partial charge in [0.05, 0.1) is 18.1 Å². The number of hydrogen-bond donors (Lipinski definition) is 2. The summed E-state index contributed by atoms with van der Waals surface area (Å²) >= 11 is 0. The van der Waals surface area contributed by atoms with E-state index in [0.717, 1.165) is 17.2 Å². The normalized spacial score (nSPS) is 17.0. The van der Waals surface area contributed by atoms with Gasteiger partial charge in [0.15, 0.2) is 11.6 Å². The van der Waals surface area contributed by atoms with Crippen LogP contribution < -0.4 is 5.32 Å². The molecule has 0 aliphatic carbocycles. The number of carbonyl (C=O) groups excluding carboxylic acids is 1. The van der Waals surface area contributed by atoms with E-state index < -0.39 is 17.0 Å². The Kier molecular flexibility index (Phi) is 6.98. The van der Waals surface area contributed by atoms with Crippen LogP contribution in [0.1, 0.15) is 31.7 Å². The van der Waals surface area contributed by atoms with Crippen molar-refractivity contribution in [2.45, 2.75) is 38.6 Å². The SMILES string of the molecule is CCC(CO)NC(=O)C1(Cc2cccc(-c3ccc(F)c(F)c3)c2)CCOCC1. The highest BCUT2D eigenvalue weighted by molar-refractivity contribution is 5.83. The van der Waals surface area contributed by atoms with Crippen molar-refractivity contribution >= 4 is 5.91 Å². The number of carbonyl (C=O) groups is 1. The van der Waals surface area contributed by atoms with Crippen molar-refractivity contribution in [2.75, 3.05) is 19.8 Å². The molecule has 2 N–H and O–H groups in total. The summed E-state index contributed by atoms with van der Waals surface area (Å²) in [6, 6.07) is 11.1. The van der Waals surface area contributed by atoms with Gasteiger partial charge in [-0.2, -0.15) is 0 Å². The Hall–Kier alpha value is -2.31. The zero-order valence-electron chi connectivity index (χ0n) is 16.6. The highest BCUT2D eigenvalue weighted by atomic mass is 19.2. The van der Waals surface area contributed by atoms with Crippen molar-refractivity contribution in [3.05, 3.63) is 59.7 Å². The lowest BCUT2D eigenvalue weighted by molar-refractivity contribution is -0.137. The lowest BCUT2D eigenvalue weighted by Crippen LogP contribution is -2.50.